The van der Waals surface area contributed by atoms with E-state index in [0.29, 0.717) is 11.5 Å². The molecule has 0 bridgehead atoms. The van der Waals surface area contributed by atoms with E-state index in [1.807, 2.05) is 36.4 Å². The van der Waals surface area contributed by atoms with Crippen molar-refractivity contribution in [3.05, 3.63) is 89.5 Å². The van der Waals surface area contributed by atoms with Gasteiger partial charge >= 0.3 is 11.8 Å². The molecular weight excluding hydrogens is 422 g/mol. The van der Waals surface area contributed by atoms with Gasteiger partial charge in [-0.25, -0.2) is 0 Å². The molecule has 0 saturated carbocycles. The summed E-state index contributed by atoms with van der Waals surface area (Å²) in [6.45, 7) is 2.22. The Morgan fingerprint density at radius 2 is 1.61 bits per heavy atom. The van der Waals surface area contributed by atoms with Crippen LogP contribution < -0.4 is 25.4 Å². The number of carbonyl (C=O) groups excluding carboxylic acids is 3. The first-order chi connectivity index (χ1) is 16.0. The highest BCUT2D eigenvalue weighted by molar-refractivity contribution is 6.40. The largest absolute Gasteiger partial charge is 0.454 e. The molecule has 0 aromatic heterocycles. The zero-order valence-corrected chi connectivity index (χ0v) is 18.0. The third-order valence-electron chi connectivity index (χ3n) is 5.16. The second kappa shape index (κ2) is 9.86. The number of anilines is 1. The summed E-state index contributed by atoms with van der Waals surface area (Å²) in [5.41, 5.74) is 2.20. The van der Waals surface area contributed by atoms with Gasteiger partial charge < -0.3 is 25.4 Å². The van der Waals surface area contributed by atoms with Crippen molar-refractivity contribution in [1.82, 2.24) is 10.6 Å². The van der Waals surface area contributed by atoms with Crippen LogP contribution in [0.15, 0.2) is 72.8 Å². The second-order valence-electron chi connectivity index (χ2n) is 7.48. The Bertz CT molecular complexity index is 1180. The molecule has 0 unspecified atom stereocenters. The van der Waals surface area contributed by atoms with Crippen molar-refractivity contribution in [3.63, 3.8) is 0 Å². The molecule has 33 heavy (non-hydrogen) atoms. The fraction of sp³-hybridized carbons (Fsp3) is 0.160. The molecule has 0 spiro atoms. The van der Waals surface area contributed by atoms with Crippen molar-refractivity contribution < 1.29 is 23.9 Å². The van der Waals surface area contributed by atoms with Crippen LogP contribution in [0.1, 0.15) is 34.5 Å². The Morgan fingerprint density at radius 3 is 2.42 bits per heavy atom. The summed E-state index contributed by atoms with van der Waals surface area (Å²) in [7, 11) is 0. The van der Waals surface area contributed by atoms with Crippen LogP contribution >= 0.6 is 0 Å². The topological polar surface area (TPSA) is 106 Å². The van der Waals surface area contributed by atoms with Crippen LogP contribution in [0.2, 0.25) is 0 Å². The van der Waals surface area contributed by atoms with Gasteiger partial charge in [0.25, 0.3) is 5.91 Å². The van der Waals surface area contributed by atoms with Crippen molar-refractivity contribution in [2.45, 2.75) is 19.5 Å². The molecule has 8 heteroatoms. The Hall–Kier alpha value is -4.33. The number of hydrogen-bond donors (Lipinski definition) is 3. The van der Waals surface area contributed by atoms with E-state index in [-0.39, 0.29) is 36.5 Å². The molecule has 0 radical (unpaired) electrons. The Labute approximate surface area is 190 Å². The summed E-state index contributed by atoms with van der Waals surface area (Å²) in [4.78, 5) is 37.6. The van der Waals surface area contributed by atoms with Gasteiger partial charge in [-0.2, -0.15) is 0 Å². The van der Waals surface area contributed by atoms with Crippen molar-refractivity contribution >= 4 is 23.4 Å². The van der Waals surface area contributed by atoms with E-state index in [0.717, 1.165) is 11.1 Å². The lowest BCUT2D eigenvalue weighted by atomic mass is 10.1. The predicted molar refractivity (Wildman–Crippen MR) is 122 cm³/mol. The molecule has 1 aliphatic heterocycles. The van der Waals surface area contributed by atoms with Crippen LogP contribution in [0, 0.1) is 0 Å². The van der Waals surface area contributed by atoms with E-state index in [1.165, 1.54) is 0 Å². The van der Waals surface area contributed by atoms with Gasteiger partial charge in [0.15, 0.2) is 11.5 Å². The van der Waals surface area contributed by atoms with Crippen LogP contribution in [0.25, 0.3) is 0 Å². The van der Waals surface area contributed by atoms with Gasteiger partial charge in [0, 0.05) is 6.54 Å². The number of rotatable bonds is 6. The molecule has 8 nitrogen and oxygen atoms in total. The standard InChI is InChI=1S/C25H23N3O5/c1-16(18-7-3-2-4-8-18)27-24(30)25(31)28-20-10-6-5-9-19(20)23(29)26-14-17-11-12-21-22(13-17)33-15-32-21/h2-13,16H,14-15H2,1H3,(H,26,29)(H,27,30)(H,28,31)/t16-/m0/s1. The normalized spacial score (nSPS) is 12.5. The quantitative estimate of drug-likeness (QED) is 0.506. The molecule has 0 aliphatic carbocycles. The molecule has 1 aliphatic rings. The van der Waals surface area contributed by atoms with E-state index >= 15 is 0 Å². The molecule has 0 saturated heterocycles. The van der Waals surface area contributed by atoms with Gasteiger partial charge in [-0.15, -0.1) is 0 Å². The fourth-order valence-corrected chi connectivity index (χ4v) is 3.38. The van der Waals surface area contributed by atoms with Gasteiger partial charge in [0.05, 0.1) is 17.3 Å². The molecule has 3 N–H and O–H groups in total. The maximum atomic E-state index is 12.8. The maximum Gasteiger partial charge on any atom is 0.313 e. The lowest BCUT2D eigenvalue weighted by Gasteiger charge is -2.15. The monoisotopic (exact) mass is 445 g/mol. The first kappa shape index (κ1) is 21.9. The van der Waals surface area contributed by atoms with Gasteiger partial charge in [0.1, 0.15) is 0 Å². The van der Waals surface area contributed by atoms with Crippen LogP contribution in [-0.2, 0) is 16.1 Å². The van der Waals surface area contributed by atoms with E-state index in [4.69, 9.17) is 9.47 Å². The van der Waals surface area contributed by atoms with E-state index in [1.54, 1.807) is 43.3 Å². The minimum Gasteiger partial charge on any atom is -0.454 e. The van der Waals surface area contributed by atoms with Gasteiger partial charge in [-0.05, 0) is 42.3 Å². The molecular formula is C25H23N3O5. The fourth-order valence-electron chi connectivity index (χ4n) is 3.38. The van der Waals surface area contributed by atoms with Crippen molar-refractivity contribution in [2.24, 2.45) is 0 Å². The SMILES string of the molecule is C[C@H](NC(=O)C(=O)Nc1ccccc1C(=O)NCc1ccc2c(c1)OCO2)c1ccccc1. The second-order valence-corrected chi connectivity index (χ2v) is 7.48. The molecule has 3 aromatic carbocycles. The highest BCUT2D eigenvalue weighted by Crippen LogP contribution is 2.32. The lowest BCUT2D eigenvalue weighted by Crippen LogP contribution is -2.37. The lowest BCUT2D eigenvalue weighted by molar-refractivity contribution is -0.136. The Kier molecular flexibility index (Phi) is 6.54. The van der Waals surface area contributed by atoms with Crippen LogP contribution in [0.4, 0.5) is 5.69 Å². The first-order valence-corrected chi connectivity index (χ1v) is 10.4. The summed E-state index contributed by atoms with van der Waals surface area (Å²) < 4.78 is 10.6. The zero-order valence-electron chi connectivity index (χ0n) is 18.0. The highest BCUT2D eigenvalue weighted by atomic mass is 16.7. The van der Waals surface area contributed by atoms with E-state index in [2.05, 4.69) is 16.0 Å². The van der Waals surface area contributed by atoms with Crippen molar-refractivity contribution in [3.8, 4) is 11.5 Å². The average molecular weight is 445 g/mol. The number of hydrogen-bond acceptors (Lipinski definition) is 5. The number of benzene rings is 3. The molecule has 3 amide bonds. The van der Waals surface area contributed by atoms with Gasteiger partial charge in [0.2, 0.25) is 6.79 Å². The van der Waals surface area contributed by atoms with Gasteiger partial charge in [-0.3, -0.25) is 14.4 Å². The highest BCUT2D eigenvalue weighted by Gasteiger charge is 2.20. The number of nitrogens with one attached hydrogen (secondary N) is 3. The number of carbonyl (C=O) groups is 3. The summed E-state index contributed by atoms with van der Waals surface area (Å²) in [6.07, 6.45) is 0. The molecule has 0 fully saturated rings. The summed E-state index contributed by atoms with van der Waals surface area (Å²) >= 11 is 0. The van der Waals surface area contributed by atoms with E-state index < -0.39 is 11.8 Å². The van der Waals surface area contributed by atoms with E-state index in [9.17, 15) is 14.4 Å². The smallest absolute Gasteiger partial charge is 0.313 e. The van der Waals surface area contributed by atoms with Crippen molar-refractivity contribution in [2.75, 3.05) is 12.1 Å². The number of ether oxygens (including phenoxy) is 2. The number of para-hydroxylation sites is 1. The first-order valence-electron chi connectivity index (χ1n) is 10.4. The predicted octanol–water partition coefficient (Wildman–Crippen LogP) is 3.16. The van der Waals surface area contributed by atoms with Crippen LogP contribution in [0.3, 0.4) is 0 Å². The number of fused-ring (bicyclic) bond motifs is 1. The van der Waals surface area contributed by atoms with Crippen molar-refractivity contribution in [1.29, 1.82) is 0 Å². The van der Waals surface area contributed by atoms with Crippen LogP contribution in [-0.4, -0.2) is 24.5 Å². The molecule has 1 atom stereocenters. The number of amides is 3. The zero-order chi connectivity index (χ0) is 23.2. The third kappa shape index (κ3) is 5.30. The molecule has 3 aromatic rings. The Morgan fingerprint density at radius 1 is 0.879 bits per heavy atom. The Balaban J connectivity index is 1.37. The minimum absolute atomic E-state index is 0.177. The summed E-state index contributed by atoms with van der Waals surface area (Å²) in [5.74, 6) is -0.736. The van der Waals surface area contributed by atoms with Gasteiger partial charge in [-0.1, -0.05) is 48.5 Å². The molecule has 4 rings (SSSR count). The summed E-state index contributed by atoms with van der Waals surface area (Å²) in [5, 5.41) is 8.01. The summed E-state index contributed by atoms with van der Waals surface area (Å²) in [6, 6.07) is 20.9. The third-order valence-corrected chi connectivity index (χ3v) is 5.16. The van der Waals surface area contributed by atoms with Crippen LogP contribution in [0.5, 0.6) is 11.5 Å². The maximum absolute atomic E-state index is 12.8. The minimum atomic E-state index is -0.853. The molecule has 168 valence electrons. The molecule has 1 heterocycles. The average Bonchev–Trinajstić information content (AvgIpc) is 3.31.